The van der Waals surface area contributed by atoms with Gasteiger partial charge in [-0.25, -0.2) is 0 Å². The van der Waals surface area contributed by atoms with Crippen LogP contribution in [0.5, 0.6) is 0 Å². The summed E-state index contributed by atoms with van der Waals surface area (Å²) in [7, 11) is 1.59. The second-order valence-electron chi connectivity index (χ2n) is 5.89. The molecule has 5 nitrogen and oxygen atoms in total. The number of hydrogen-bond donors (Lipinski definition) is 3. The summed E-state index contributed by atoms with van der Waals surface area (Å²) in [6, 6.07) is 5.29. The van der Waals surface area contributed by atoms with Crippen molar-refractivity contribution in [3.8, 4) is 0 Å². The number of amides is 2. The Kier molecular flexibility index (Phi) is 4.63. The fraction of sp³-hybridized carbons (Fsp3) is 0.500. The number of carbonyl (C=O) groups excluding carboxylic acids is 2. The molecule has 1 aliphatic carbocycles. The first-order chi connectivity index (χ1) is 9.99. The summed E-state index contributed by atoms with van der Waals surface area (Å²) < 4.78 is 0. The molecule has 2 rings (SSSR count). The van der Waals surface area contributed by atoms with E-state index in [4.69, 9.17) is 5.73 Å². The summed E-state index contributed by atoms with van der Waals surface area (Å²) in [5.41, 5.74) is 7.93. The van der Waals surface area contributed by atoms with Gasteiger partial charge in [0.15, 0.2) is 0 Å². The molecule has 0 spiro atoms. The first-order valence-corrected chi connectivity index (χ1v) is 7.32. The van der Waals surface area contributed by atoms with Gasteiger partial charge >= 0.3 is 0 Å². The van der Waals surface area contributed by atoms with Crippen molar-refractivity contribution in [1.82, 2.24) is 5.32 Å². The van der Waals surface area contributed by atoms with Crippen LogP contribution < -0.4 is 16.4 Å². The summed E-state index contributed by atoms with van der Waals surface area (Å²) in [5, 5.41) is 5.49. The highest BCUT2D eigenvalue weighted by atomic mass is 16.2. The first kappa shape index (κ1) is 15.5. The van der Waals surface area contributed by atoms with E-state index in [2.05, 4.69) is 10.6 Å². The number of benzene rings is 1. The van der Waals surface area contributed by atoms with Crippen molar-refractivity contribution in [1.29, 1.82) is 0 Å². The maximum Gasteiger partial charge on any atom is 0.251 e. The van der Waals surface area contributed by atoms with E-state index in [0.29, 0.717) is 24.2 Å². The molecular formula is C16H23N3O2. The minimum absolute atomic E-state index is 0.0175. The monoisotopic (exact) mass is 289 g/mol. The third-order valence-corrected chi connectivity index (χ3v) is 4.38. The van der Waals surface area contributed by atoms with E-state index in [-0.39, 0.29) is 17.2 Å². The summed E-state index contributed by atoms with van der Waals surface area (Å²) in [4.78, 5) is 23.9. The van der Waals surface area contributed by atoms with Crippen LogP contribution in [0, 0.1) is 12.3 Å². The van der Waals surface area contributed by atoms with Gasteiger partial charge in [-0.05, 0) is 49.4 Å². The Morgan fingerprint density at radius 3 is 2.57 bits per heavy atom. The number of carbonyl (C=O) groups is 2. The summed E-state index contributed by atoms with van der Waals surface area (Å²) >= 11 is 0. The lowest BCUT2D eigenvalue weighted by molar-refractivity contribution is -0.119. The third-order valence-electron chi connectivity index (χ3n) is 4.38. The number of nitrogens with one attached hydrogen (secondary N) is 2. The molecule has 21 heavy (non-hydrogen) atoms. The Balaban J connectivity index is 2.08. The Morgan fingerprint density at radius 2 is 2.05 bits per heavy atom. The zero-order valence-corrected chi connectivity index (χ0v) is 12.7. The van der Waals surface area contributed by atoms with Crippen LogP contribution in [-0.4, -0.2) is 25.4 Å². The summed E-state index contributed by atoms with van der Waals surface area (Å²) in [5.74, 6) is -0.194. The van der Waals surface area contributed by atoms with Gasteiger partial charge in [-0.1, -0.05) is 12.5 Å². The lowest BCUT2D eigenvalue weighted by Gasteiger charge is -2.40. The Labute approximate surface area is 125 Å². The maximum atomic E-state index is 12.2. The van der Waals surface area contributed by atoms with E-state index in [0.717, 1.165) is 24.8 Å². The van der Waals surface area contributed by atoms with Crippen molar-refractivity contribution < 1.29 is 9.59 Å². The van der Waals surface area contributed by atoms with Crippen molar-refractivity contribution in [2.24, 2.45) is 11.1 Å². The first-order valence-electron chi connectivity index (χ1n) is 7.32. The largest absolute Gasteiger partial charge is 0.355 e. The van der Waals surface area contributed by atoms with Gasteiger partial charge in [0.1, 0.15) is 0 Å². The molecule has 0 atom stereocenters. The zero-order valence-electron chi connectivity index (χ0n) is 12.7. The van der Waals surface area contributed by atoms with Crippen molar-refractivity contribution in [3.63, 3.8) is 0 Å². The highest BCUT2D eigenvalue weighted by Crippen LogP contribution is 2.43. The van der Waals surface area contributed by atoms with Crippen LogP contribution in [-0.2, 0) is 4.79 Å². The molecule has 0 unspecified atom stereocenters. The van der Waals surface area contributed by atoms with E-state index in [1.807, 2.05) is 13.0 Å². The van der Waals surface area contributed by atoms with E-state index < -0.39 is 0 Å². The Bertz CT molecular complexity index is 545. The average molecular weight is 289 g/mol. The predicted octanol–water partition coefficient (Wildman–Crippen LogP) is 1.81. The normalized spacial score (nSPS) is 16.0. The highest BCUT2D eigenvalue weighted by molar-refractivity contribution is 5.97. The molecule has 0 aliphatic heterocycles. The lowest BCUT2D eigenvalue weighted by Crippen LogP contribution is -2.40. The smallest absolute Gasteiger partial charge is 0.251 e. The van der Waals surface area contributed by atoms with Gasteiger partial charge in [-0.2, -0.15) is 0 Å². The molecule has 1 aromatic carbocycles. The second-order valence-corrected chi connectivity index (χ2v) is 5.89. The van der Waals surface area contributed by atoms with Crippen LogP contribution in [0.1, 0.15) is 41.6 Å². The van der Waals surface area contributed by atoms with Crippen molar-refractivity contribution in [2.75, 3.05) is 18.9 Å². The van der Waals surface area contributed by atoms with Crippen LogP contribution in [0.4, 0.5) is 5.69 Å². The van der Waals surface area contributed by atoms with Crippen LogP contribution in [0.3, 0.4) is 0 Å². The number of hydrogen-bond acceptors (Lipinski definition) is 3. The van der Waals surface area contributed by atoms with Crippen LogP contribution in [0.25, 0.3) is 0 Å². The van der Waals surface area contributed by atoms with Gasteiger partial charge in [-0.3, -0.25) is 9.59 Å². The standard InChI is InChI=1S/C16H23N3O2/c1-11-4-5-12(15(21)18-2)8-13(11)19-14(20)9-16(10-17)6-3-7-16/h4-5,8H,3,6-7,9-10,17H2,1-2H3,(H,18,21)(H,19,20). The molecule has 2 amide bonds. The minimum atomic E-state index is -0.164. The van der Waals surface area contributed by atoms with Gasteiger partial charge < -0.3 is 16.4 Å². The van der Waals surface area contributed by atoms with Crippen LogP contribution >= 0.6 is 0 Å². The Morgan fingerprint density at radius 1 is 1.33 bits per heavy atom. The summed E-state index contributed by atoms with van der Waals surface area (Å²) in [6.45, 7) is 2.46. The molecule has 0 bridgehead atoms. The van der Waals surface area contributed by atoms with E-state index in [1.54, 1.807) is 19.2 Å². The topological polar surface area (TPSA) is 84.2 Å². The number of nitrogens with two attached hydrogens (primary N) is 1. The average Bonchev–Trinajstić information content (AvgIpc) is 2.44. The number of rotatable bonds is 5. The fourth-order valence-corrected chi connectivity index (χ4v) is 2.71. The molecular weight excluding hydrogens is 266 g/mol. The molecule has 0 radical (unpaired) electrons. The molecule has 0 aromatic heterocycles. The van der Waals surface area contributed by atoms with Gasteiger partial charge in [0.2, 0.25) is 5.91 Å². The van der Waals surface area contributed by atoms with Crippen molar-refractivity contribution >= 4 is 17.5 Å². The quantitative estimate of drug-likeness (QED) is 0.773. The zero-order chi connectivity index (χ0) is 15.5. The van der Waals surface area contributed by atoms with Crippen molar-refractivity contribution in [3.05, 3.63) is 29.3 Å². The number of anilines is 1. The van der Waals surface area contributed by atoms with Crippen molar-refractivity contribution in [2.45, 2.75) is 32.6 Å². The molecule has 114 valence electrons. The van der Waals surface area contributed by atoms with E-state index in [1.165, 1.54) is 0 Å². The SMILES string of the molecule is CNC(=O)c1ccc(C)c(NC(=O)CC2(CN)CCC2)c1. The highest BCUT2D eigenvalue weighted by Gasteiger charge is 2.37. The molecule has 0 saturated heterocycles. The second kappa shape index (κ2) is 6.26. The van der Waals surface area contributed by atoms with Gasteiger partial charge in [0.25, 0.3) is 5.91 Å². The van der Waals surface area contributed by atoms with E-state index >= 15 is 0 Å². The van der Waals surface area contributed by atoms with Crippen LogP contribution in [0.15, 0.2) is 18.2 Å². The van der Waals surface area contributed by atoms with Crippen LogP contribution in [0.2, 0.25) is 0 Å². The predicted molar refractivity (Wildman–Crippen MR) is 83.2 cm³/mol. The number of aryl methyl sites for hydroxylation is 1. The third kappa shape index (κ3) is 3.42. The minimum Gasteiger partial charge on any atom is -0.355 e. The maximum absolute atomic E-state index is 12.2. The summed E-state index contributed by atoms with van der Waals surface area (Å²) in [6.07, 6.45) is 3.64. The molecule has 1 aliphatic rings. The fourth-order valence-electron chi connectivity index (χ4n) is 2.71. The molecule has 4 N–H and O–H groups in total. The van der Waals surface area contributed by atoms with E-state index in [9.17, 15) is 9.59 Å². The van der Waals surface area contributed by atoms with Gasteiger partial charge in [-0.15, -0.1) is 0 Å². The van der Waals surface area contributed by atoms with Gasteiger partial charge in [0.05, 0.1) is 0 Å². The molecule has 1 saturated carbocycles. The molecule has 0 heterocycles. The lowest BCUT2D eigenvalue weighted by atomic mass is 9.66. The molecule has 5 heteroatoms. The molecule has 1 aromatic rings. The molecule has 1 fully saturated rings. The van der Waals surface area contributed by atoms with Gasteiger partial charge in [0, 0.05) is 24.7 Å². The Hall–Kier alpha value is -1.88.